The summed E-state index contributed by atoms with van der Waals surface area (Å²) in [5.41, 5.74) is 4.60. The highest BCUT2D eigenvalue weighted by Gasteiger charge is 2.29. The van der Waals surface area contributed by atoms with Crippen LogP contribution in [0.3, 0.4) is 0 Å². The van der Waals surface area contributed by atoms with Crippen molar-refractivity contribution in [1.29, 1.82) is 0 Å². The van der Waals surface area contributed by atoms with Crippen molar-refractivity contribution in [3.8, 4) is 11.1 Å². The van der Waals surface area contributed by atoms with E-state index in [0.717, 1.165) is 35.1 Å². The summed E-state index contributed by atoms with van der Waals surface area (Å²) in [7, 11) is 0. The fraction of sp³-hybridized carbons (Fsp3) is 0.444. The number of carbonyl (C=O) groups is 3. The van der Waals surface area contributed by atoms with E-state index >= 15 is 0 Å². The molecule has 1 aliphatic carbocycles. The third-order valence-corrected chi connectivity index (χ3v) is 6.27. The van der Waals surface area contributed by atoms with Crippen LogP contribution >= 0.6 is 0 Å². The highest BCUT2D eigenvalue weighted by Crippen LogP contribution is 2.44. The summed E-state index contributed by atoms with van der Waals surface area (Å²) in [6.45, 7) is 4.19. The lowest BCUT2D eigenvalue weighted by Gasteiger charge is -2.20. The lowest BCUT2D eigenvalue weighted by molar-refractivity contribution is -0.141. The average molecular weight is 467 g/mol. The van der Waals surface area contributed by atoms with Crippen LogP contribution in [0.4, 0.5) is 4.79 Å². The van der Waals surface area contributed by atoms with Gasteiger partial charge >= 0.3 is 12.1 Å². The zero-order chi connectivity index (χ0) is 24.5. The number of benzene rings is 2. The van der Waals surface area contributed by atoms with Crippen LogP contribution in [0, 0.1) is 5.92 Å². The third kappa shape index (κ3) is 6.37. The molecule has 1 unspecified atom stereocenters. The molecule has 0 bridgehead atoms. The molecule has 0 spiro atoms. The summed E-state index contributed by atoms with van der Waals surface area (Å²) in [5, 5.41) is 14.8. The molecule has 7 heteroatoms. The van der Waals surface area contributed by atoms with E-state index in [1.54, 1.807) is 0 Å². The van der Waals surface area contributed by atoms with E-state index in [0.29, 0.717) is 12.8 Å². The first kappa shape index (κ1) is 25.3. The van der Waals surface area contributed by atoms with E-state index in [1.165, 1.54) is 0 Å². The second kappa shape index (κ2) is 12.2. The van der Waals surface area contributed by atoms with E-state index in [9.17, 15) is 19.5 Å². The maximum Gasteiger partial charge on any atom is 0.407 e. The standard InChI is InChI=1S/C27H34N2O5/c1-3-9-18(26(31)32)16-28-25(30)15-19(10-4-2)29-27(33)34-17-24-22-13-7-5-11-20(22)21-12-6-8-14-23(21)24/h5-8,11-14,18-19,24H,3-4,9-10,15-17H2,1-2H3,(H,28,30)(H,29,33)(H,31,32)/t18?,19-/m0/s1. The quantitative estimate of drug-likeness (QED) is 0.421. The van der Waals surface area contributed by atoms with E-state index < -0.39 is 18.0 Å². The van der Waals surface area contributed by atoms with Gasteiger partial charge in [-0.15, -0.1) is 0 Å². The first-order valence-corrected chi connectivity index (χ1v) is 12.1. The first-order valence-electron chi connectivity index (χ1n) is 12.1. The number of carboxylic acids is 1. The Bertz CT molecular complexity index is 961. The van der Waals surface area contributed by atoms with Gasteiger partial charge in [-0.2, -0.15) is 0 Å². The van der Waals surface area contributed by atoms with Crippen LogP contribution < -0.4 is 10.6 Å². The number of nitrogens with one attached hydrogen (secondary N) is 2. The summed E-state index contributed by atoms with van der Waals surface area (Å²) >= 11 is 0. The van der Waals surface area contributed by atoms with Crippen molar-refractivity contribution in [2.45, 2.75) is 57.9 Å². The Labute approximate surface area is 200 Å². The molecule has 0 aliphatic heterocycles. The molecule has 0 saturated heterocycles. The van der Waals surface area contributed by atoms with Gasteiger partial charge in [0, 0.05) is 24.9 Å². The molecule has 3 N–H and O–H groups in total. The van der Waals surface area contributed by atoms with E-state index in [1.807, 2.05) is 38.1 Å². The Balaban J connectivity index is 1.54. The molecule has 2 amide bonds. The van der Waals surface area contributed by atoms with Gasteiger partial charge in [-0.1, -0.05) is 75.2 Å². The normalized spacial score (nSPS) is 13.9. The van der Waals surface area contributed by atoms with Gasteiger partial charge in [0.2, 0.25) is 5.91 Å². The zero-order valence-electron chi connectivity index (χ0n) is 19.9. The van der Waals surface area contributed by atoms with Crippen molar-refractivity contribution in [3.05, 3.63) is 59.7 Å². The highest BCUT2D eigenvalue weighted by molar-refractivity contribution is 5.80. The number of amides is 2. The van der Waals surface area contributed by atoms with E-state index in [-0.39, 0.29) is 37.4 Å². The van der Waals surface area contributed by atoms with Crippen molar-refractivity contribution >= 4 is 18.0 Å². The molecular weight excluding hydrogens is 432 g/mol. The molecular formula is C27H34N2O5. The largest absolute Gasteiger partial charge is 0.481 e. The van der Waals surface area contributed by atoms with Crippen molar-refractivity contribution < 1.29 is 24.2 Å². The SMILES string of the molecule is CCCC(CNC(=O)C[C@H](CCC)NC(=O)OCC1c2ccccc2-c2ccccc21)C(=O)O. The molecule has 3 rings (SSSR count). The molecule has 7 nitrogen and oxygen atoms in total. The number of fused-ring (bicyclic) bond motifs is 3. The Morgan fingerprint density at radius 1 is 0.941 bits per heavy atom. The molecule has 0 aromatic heterocycles. The Morgan fingerprint density at radius 2 is 1.53 bits per heavy atom. The number of carbonyl (C=O) groups excluding carboxylic acids is 2. The predicted octanol–water partition coefficient (Wildman–Crippen LogP) is 4.70. The Kier molecular flexibility index (Phi) is 9.08. The highest BCUT2D eigenvalue weighted by atomic mass is 16.5. The number of ether oxygens (including phenoxy) is 1. The summed E-state index contributed by atoms with van der Waals surface area (Å²) < 4.78 is 5.60. The minimum atomic E-state index is -0.913. The number of hydrogen-bond donors (Lipinski definition) is 3. The van der Waals surface area contributed by atoms with Gasteiger partial charge in [0.1, 0.15) is 6.61 Å². The summed E-state index contributed by atoms with van der Waals surface area (Å²) in [6, 6.07) is 15.9. The lowest BCUT2D eigenvalue weighted by atomic mass is 9.98. The Hall–Kier alpha value is -3.35. The van der Waals surface area contributed by atoms with Gasteiger partial charge in [0.25, 0.3) is 0 Å². The molecule has 0 heterocycles. The van der Waals surface area contributed by atoms with Gasteiger partial charge in [0.15, 0.2) is 0 Å². The number of hydrogen-bond acceptors (Lipinski definition) is 4. The number of aliphatic carboxylic acids is 1. The summed E-state index contributed by atoms with van der Waals surface area (Å²) in [4.78, 5) is 36.3. The van der Waals surface area contributed by atoms with Gasteiger partial charge < -0.3 is 20.5 Å². The maximum absolute atomic E-state index is 12.6. The number of alkyl carbamates (subject to hydrolysis) is 1. The van der Waals surface area contributed by atoms with Crippen molar-refractivity contribution in [2.24, 2.45) is 5.92 Å². The molecule has 182 valence electrons. The second-order valence-corrected chi connectivity index (χ2v) is 8.79. The fourth-order valence-corrected chi connectivity index (χ4v) is 4.57. The Morgan fingerprint density at radius 3 is 2.09 bits per heavy atom. The average Bonchev–Trinajstić information content (AvgIpc) is 3.14. The van der Waals surface area contributed by atoms with Crippen molar-refractivity contribution in [1.82, 2.24) is 10.6 Å². The predicted molar refractivity (Wildman–Crippen MR) is 131 cm³/mol. The van der Waals surface area contributed by atoms with Crippen LogP contribution in [0.2, 0.25) is 0 Å². The fourth-order valence-electron chi connectivity index (χ4n) is 4.57. The topological polar surface area (TPSA) is 105 Å². The molecule has 1 aliphatic rings. The van der Waals surface area contributed by atoms with Crippen LogP contribution in [0.5, 0.6) is 0 Å². The van der Waals surface area contributed by atoms with Crippen LogP contribution in [-0.4, -0.2) is 42.3 Å². The van der Waals surface area contributed by atoms with E-state index in [4.69, 9.17) is 4.74 Å². The molecule has 2 aromatic carbocycles. The monoisotopic (exact) mass is 466 g/mol. The van der Waals surface area contributed by atoms with Gasteiger partial charge in [-0.3, -0.25) is 9.59 Å². The van der Waals surface area contributed by atoms with Crippen LogP contribution in [-0.2, 0) is 14.3 Å². The minimum absolute atomic E-state index is 0.0300. The molecule has 0 saturated carbocycles. The van der Waals surface area contributed by atoms with Crippen molar-refractivity contribution in [3.63, 3.8) is 0 Å². The molecule has 2 atom stereocenters. The summed E-state index contributed by atoms with van der Waals surface area (Å²) in [5.74, 6) is -1.82. The number of rotatable bonds is 12. The second-order valence-electron chi connectivity index (χ2n) is 8.79. The van der Waals surface area contributed by atoms with Crippen LogP contribution in [0.1, 0.15) is 63.0 Å². The maximum atomic E-state index is 12.6. The molecule has 0 fully saturated rings. The first-order chi connectivity index (χ1) is 16.4. The van der Waals surface area contributed by atoms with Crippen molar-refractivity contribution in [2.75, 3.05) is 13.2 Å². The molecule has 34 heavy (non-hydrogen) atoms. The van der Waals surface area contributed by atoms with Gasteiger partial charge in [-0.05, 0) is 35.1 Å². The molecule has 2 aromatic rings. The zero-order valence-corrected chi connectivity index (χ0v) is 19.9. The number of carboxylic acid groups (broad SMARTS) is 1. The smallest absolute Gasteiger partial charge is 0.407 e. The third-order valence-electron chi connectivity index (χ3n) is 6.27. The summed E-state index contributed by atoms with van der Waals surface area (Å²) in [6.07, 6.45) is 2.17. The van der Waals surface area contributed by atoms with Gasteiger partial charge in [0.05, 0.1) is 5.92 Å². The van der Waals surface area contributed by atoms with Gasteiger partial charge in [-0.25, -0.2) is 4.79 Å². The lowest BCUT2D eigenvalue weighted by Crippen LogP contribution is -2.41. The molecule has 0 radical (unpaired) electrons. The van der Waals surface area contributed by atoms with Crippen LogP contribution in [0.25, 0.3) is 11.1 Å². The van der Waals surface area contributed by atoms with Crippen LogP contribution in [0.15, 0.2) is 48.5 Å². The van der Waals surface area contributed by atoms with E-state index in [2.05, 4.69) is 34.9 Å². The minimum Gasteiger partial charge on any atom is -0.481 e.